The lowest BCUT2D eigenvalue weighted by atomic mass is 10.2. The molecule has 86 valence electrons. The smallest absolute Gasteiger partial charge is 0.0589 e. The van der Waals surface area contributed by atoms with Crippen molar-refractivity contribution in [3.05, 3.63) is 0 Å². The van der Waals surface area contributed by atoms with E-state index in [0.29, 0.717) is 12.1 Å². The molecule has 0 aromatic rings. The zero-order chi connectivity index (χ0) is 11.0. The van der Waals surface area contributed by atoms with Crippen LogP contribution in [0.1, 0.15) is 33.6 Å². The largest absolute Gasteiger partial charge is 0.383 e. The molecule has 0 spiro atoms. The summed E-state index contributed by atoms with van der Waals surface area (Å²) in [6.45, 7) is 9.44. The van der Waals surface area contributed by atoms with Crippen LogP contribution in [0, 0.1) is 0 Å². The van der Waals surface area contributed by atoms with Gasteiger partial charge < -0.3 is 10.5 Å². The van der Waals surface area contributed by atoms with E-state index in [4.69, 9.17) is 10.5 Å². The summed E-state index contributed by atoms with van der Waals surface area (Å²) < 4.78 is 5.10. The number of hydrogen-bond donors (Lipinski definition) is 1. The van der Waals surface area contributed by atoms with E-state index >= 15 is 0 Å². The summed E-state index contributed by atoms with van der Waals surface area (Å²) in [5.74, 6) is 0. The minimum absolute atomic E-state index is 0.295. The van der Waals surface area contributed by atoms with Gasteiger partial charge in [0.25, 0.3) is 0 Å². The summed E-state index contributed by atoms with van der Waals surface area (Å²) in [4.78, 5) is 2.45. The Balaban J connectivity index is 3.84. The van der Waals surface area contributed by atoms with Gasteiger partial charge in [0.05, 0.1) is 6.61 Å². The van der Waals surface area contributed by atoms with Crippen LogP contribution in [-0.2, 0) is 4.74 Å². The lowest BCUT2D eigenvalue weighted by Crippen LogP contribution is -2.38. The Labute approximate surface area is 88.6 Å². The van der Waals surface area contributed by atoms with Crippen LogP contribution in [0.5, 0.6) is 0 Å². The van der Waals surface area contributed by atoms with Gasteiger partial charge in [0.2, 0.25) is 0 Å². The highest BCUT2D eigenvalue weighted by Gasteiger charge is 2.11. The van der Waals surface area contributed by atoms with Crippen LogP contribution in [0.3, 0.4) is 0 Å². The van der Waals surface area contributed by atoms with Crippen molar-refractivity contribution in [2.45, 2.75) is 45.7 Å². The fourth-order valence-electron chi connectivity index (χ4n) is 1.39. The van der Waals surface area contributed by atoms with Crippen molar-refractivity contribution in [3.63, 3.8) is 0 Å². The standard InChI is InChI=1S/C11H26N2O/c1-5-11(3)13(8-9-14-4)7-6-10(2)12/h10-11H,5-9,12H2,1-4H3. The Hall–Kier alpha value is -0.120. The van der Waals surface area contributed by atoms with E-state index in [1.165, 1.54) is 6.42 Å². The zero-order valence-electron chi connectivity index (χ0n) is 10.1. The summed E-state index contributed by atoms with van der Waals surface area (Å²) >= 11 is 0. The molecule has 0 heterocycles. The predicted octanol–water partition coefficient (Wildman–Crippen LogP) is 1.47. The minimum Gasteiger partial charge on any atom is -0.383 e. The first-order valence-electron chi connectivity index (χ1n) is 5.60. The van der Waals surface area contributed by atoms with Crippen LogP contribution in [0.25, 0.3) is 0 Å². The third-order valence-electron chi connectivity index (χ3n) is 2.67. The first kappa shape index (κ1) is 13.9. The molecular formula is C11H26N2O. The molecule has 0 aromatic heterocycles. The highest BCUT2D eigenvalue weighted by Crippen LogP contribution is 2.04. The Morgan fingerprint density at radius 3 is 2.36 bits per heavy atom. The highest BCUT2D eigenvalue weighted by molar-refractivity contribution is 4.67. The van der Waals surface area contributed by atoms with E-state index in [0.717, 1.165) is 26.1 Å². The molecule has 0 rings (SSSR count). The molecule has 0 aliphatic rings. The SMILES string of the molecule is CCC(C)N(CCOC)CCC(C)N. The van der Waals surface area contributed by atoms with Gasteiger partial charge in [-0.1, -0.05) is 6.92 Å². The molecule has 3 heteroatoms. The molecule has 0 saturated carbocycles. The second-order valence-electron chi connectivity index (χ2n) is 4.05. The molecule has 3 nitrogen and oxygen atoms in total. The quantitative estimate of drug-likeness (QED) is 0.648. The summed E-state index contributed by atoms with van der Waals surface area (Å²) in [6.07, 6.45) is 2.25. The van der Waals surface area contributed by atoms with Crippen molar-refractivity contribution in [2.24, 2.45) is 5.73 Å². The van der Waals surface area contributed by atoms with Gasteiger partial charge in [-0.15, -0.1) is 0 Å². The van der Waals surface area contributed by atoms with Crippen molar-refractivity contribution >= 4 is 0 Å². The van der Waals surface area contributed by atoms with Gasteiger partial charge in [0, 0.05) is 25.7 Å². The Morgan fingerprint density at radius 1 is 1.29 bits per heavy atom. The average molecular weight is 202 g/mol. The van der Waals surface area contributed by atoms with Crippen LogP contribution in [0.2, 0.25) is 0 Å². The van der Waals surface area contributed by atoms with Gasteiger partial charge in [-0.05, 0) is 33.2 Å². The molecule has 0 bridgehead atoms. The Kier molecular flexibility index (Phi) is 8.14. The summed E-state index contributed by atoms with van der Waals surface area (Å²) in [5.41, 5.74) is 5.75. The van der Waals surface area contributed by atoms with E-state index in [9.17, 15) is 0 Å². The molecule has 0 aliphatic carbocycles. The lowest BCUT2D eigenvalue weighted by Gasteiger charge is -2.28. The van der Waals surface area contributed by atoms with E-state index < -0.39 is 0 Å². The van der Waals surface area contributed by atoms with Gasteiger partial charge in [-0.2, -0.15) is 0 Å². The number of rotatable bonds is 8. The molecule has 0 radical (unpaired) electrons. The van der Waals surface area contributed by atoms with Crippen LogP contribution >= 0.6 is 0 Å². The van der Waals surface area contributed by atoms with Crippen molar-refractivity contribution < 1.29 is 4.74 Å². The van der Waals surface area contributed by atoms with Crippen LogP contribution in [0.4, 0.5) is 0 Å². The van der Waals surface area contributed by atoms with Gasteiger partial charge in [0.1, 0.15) is 0 Å². The summed E-state index contributed by atoms with van der Waals surface area (Å²) in [6, 6.07) is 0.924. The van der Waals surface area contributed by atoms with E-state index in [2.05, 4.69) is 25.7 Å². The maximum Gasteiger partial charge on any atom is 0.0589 e. The van der Waals surface area contributed by atoms with Gasteiger partial charge >= 0.3 is 0 Å². The number of ether oxygens (including phenoxy) is 1. The molecule has 0 fully saturated rings. The fraction of sp³-hybridized carbons (Fsp3) is 1.00. The predicted molar refractivity (Wildman–Crippen MR) is 61.5 cm³/mol. The molecule has 0 aromatic carbocycles. The van der Waals surface area contributed by atoms with Crippen LogP contribution < -0.4 is 5.73 Å². The normalized spacial score (nSPS) is 15.9. The van der Waals surface area contributed by atoms with E-state index in [1.807, 2.05) is 0 Å². The molecule has 2 N–H and O–H groups in total. The minimum atomic E-state index is 0.295. The van der Waals surface area contributed by atoms with E-state index in [-0.39, 0.29) is 0 Å². The second-order valence-corrected chi connectivity index (χ2v) is 4.05. The number of hydrogen-bond acceptors (Lipinski definition) is 3. The van der Waals surface area contributed by atoms with E-state index in [1.54, 1.807) is 7.11 Å². The van der Waals surface area contributed by atoms with Crippen LogP contribution in [0.15, 0.2) is 0 Å². The molecular weight excluding hydrogens is 176 g/mol. The van der Waals surface area contributed by atoms with Crippen molar-refractivity contribution in [3.8, 4) is 0 Å². The van der Waals surface area contributed by atoms with Crippen molar-refractivity contribution in [1.29, 1.82) is 0 Å². The monoisotopic (exact) mass is 202 g/mol. The van der Waals surface area contributed by atoms with Crippen molar-refractivity contribution in [2.75, 3.05) is 26.8 Å². The van der Waals surface area contributed by atoms with Gasteiger partial charge in [-0.25, -0.2) is 0 Å². The maximum atomic E-state index is 5.75. The summed E-state index contributed by atoms with van der Waals surface area (Å²) in [5, 5.41) is 0. The zero-order valence-corrected chi connectivity index (χ0v) is 10.1. The second kappa shape index (κ2) is 8.21. The first-order chi connectivity index (χ1) is 6.61. The molecule has 0 aliphatic heterocycles. The number of nitrogens with two attached hydrogens (primary N) is 1. The third kappa shape index (κ3) is 6.35. The molecule has 14 heavy (non-hydrogen) atoms. The van der Waals surface area contributed by atoms with Crippen LogP contribution in [-0.4, -0.2) is 43.8 Å². The molecule has 2 atom stereocenters. The molecule has 0 saturated heterocycles. The Bertz CT molecular complexity index is 128. The number of methoxy groups -OCH3 is 1. The first-order valence-corrected chi connectivity index (χ1v) is 5.60. The van der Waals surface area contributed by atoms with Crippen molar-refractivity contribution in [1.82, 2.24) is 4.90 Å². The fourth-order valence-corrected chi connectivity index (χ4v) is 1.39. The average Bonchev–Trinajstić information content (AvgIpc) is 2.16. The Morgan fingerprint density at radius 2 is 1.93 bits per heavy atom. The highest BCUT2D eigenvalue weighted by atomic mass is 16.5. The number of nitrogens with zero attached hydrogens (tertiary/aromatic N) is 1. The van der Waals surface area contributed by atoms with Gasteiger partial charge in [-0.3, -0.25) is 4.90 Å². The molecule has 0 amide bonds. The lowest BCUT2D eigenvalue weighted by molar-refractivity contribution is 0.121. The van der Waals surface area contributed by atoms with Gasteiger partial charge in [0.15, 0.2) is 0 Å². The summed E-state index contributed by atoms with van der Waals surface area (Å²) in [7, 11) is 1.75. The third-order valence-corrected chi connectivity index (χ3v) is 2.67. The maximum absolute atomic E-state index is 5.75. The molecule has 2 unspecified atom stereocenters. The topological polar surface area (TPSA) is 38.5 Å².